The van der Waals surface area contributed by atoms with Gasteiger partial charge in [-0.15, -0.1) is 0 Å². The maximum Gasteiger partial charge on any atom is 0.410 e. The number of nitrogens with zero attached hydrogens (tertiary/aromatic N) is 4. The summed E-state index contributed by atoms with van der Waals surface area (Å²) in [5.41, 5.74) is 9.91. The van der Waals surface area contributed by atoms with E-state index in [1.807, 2.05) is 44.3 Å². The maximum absolute atomic E-state index is 13.4. The summed E-state index contributed by atoms with van der Waals surface area (Å²) >= 11 is 0. The highest BCUT2D eigenvalue weighted by Gasteiger charge is 2.36. The number of pyridine rings is 2. The van der Waals surface area contributed by atoms with E-state index in [0.29, 0.717) is 13.2 Å². The normalized spacial score (nSPS) is 17.5. The predicted octanol–water partition coefficient (Wildman–Crippen LogP) is 6.71. The first-order chi connectivity index (χ1) is 20.2. The number of aryl methyl sites for hydroxylation is 1. The van der Waals surface area contributed by atoms with Gasteiger partial charge in [0.15, 0.2) is 0 Å². The Hall–Kier alpha value is -3.75. The molecule has 2 aliphatic heterocycles. The number of aromatic amines is 1. The van der Waals surface area contributed by atoms with E-state index in [9.17, 15) is 4.79 Å². The van der Waals surface area contributed by atoms with Crippen molar-refractivity contribution in [2.75, 3.05) is 20.2 Å². The number of likely N-dealkylation sites (tertiary alicyclic amines) is 1. The molecule has 0 aliphatic carbocycles. The van der Waals surface area contributed by atoms with Gasteiger partial charge in [0.25, 0.3) is 0 Å². The van der Waals surface area contributed by atoms with Crippen LogP contribution >= 0.6 is 0 Å². The highest BCUT2D eigenvalue weighted by atomic mass is 16.6. The number of fused-ring (bicyclic) bond motifs is 2. The van der Waals surface area contributed by atoms with E-state index in [0.717, 1.165) is 66.8 Å². The molecule has 2 aliphatic rings. The first kappa shape index (κ1) is 28.4. The van der Waals surface area contributed by atoms with E-state index in [4.69, 9.17) is 14.5 Å². The Morgan fingerprint density at radius 3 is 2.79 bits per heavy atom. The van der Waals surface area contributed by atoms with Crippen molar-refractivity contribution in [2.24, 2.45) is 0 Å². The smallest absolute Gasteiger partial charge is 0.410 e. The van der Waals surface area contributed by atoms with Crippen molar-refractivity contribution in [1.82, 2.24) is 24.8 Å². The van der Waals surface area contributed by atoms with Crippen molar-refractivity contribution < 1.29 is 14.3 Å². The fourth-order valence-electron chi connectivity index (χ4n) is 6.39. The number of amides is 1. The molecule has 0 saturated carbocycles. The number of rotatable bonds is 6. The number of H-pyrrole nitrogens is 1. The molecule has 3 aromatic heterocycles. The fraction of sp³-hybridized carbons (Fsp3) is 0.441. The van der Waals surface area contributed by atoms with Crippen LogP contribution in [0.4, 0.5) is 4.79 Å². The van der Waals surface area contributed by atoms with Crippen LogP contribution in [0.2, 0.25) is 0 Å². The minimum Gasteiger partial charge on any atom is -0.444 e. The molecule has 1 N–H and O–H groups in total. The van der Waals surface area contributed by atoms with Crippen molar-refractivity contribution in [1.29, 1.82) is 0 Å². The van der Waals surface area contributed by atoms with E-state index in [2.05, 4.69) is 52.1 Å². The van der Waals surface area contributed by atoms with Gasteiger partial charge in [0.1, 0.15) is 11.2 Å². The van der Waals surface area contributed by atoms with E-state index >= 15 is 0 Å². The Bertz CT molecular complexity index is 1600. The summed E-state index contributed by atoms with van der Waals surface area (Å²) in [7, 11) is 1.70. The second-order valence-corrected chi connectivity index (χ2v) is 12.7. The highest BCUT2D eigenvalue weighted by molar-refractivity contribution is 5.84. The Balaban J connectivity index is 1.38. The van der Waals surface area contributed by atoms with E-state index in [1.165, 1.54) is 27.8 Å². The molecule has 220 valence electrons. The fourth-order valence-corrected chi connectivity index (χ4v) is 6.39. The number of carbonyl (C=O) groups excluding carboxylic acids is 1. The molecule has 6 rings (SSSR count). The van der Waals surface area contributed by atoms with Crippen LogP contribution in [-0.2, 0) is 35.6 Å². The molecule has 8 heteroatoms. The molecule has 1 saturated heterocycles. The SMILES string of the molecule is COCc1cc(CN2CCc3cc(-c4cnc5[nH]cc(C)c5c4)cc([C@@H]4CCCN4C(=O)OC(C)(C)C)c3C2)ccn1. The lowest BCUT2D eigenvalue weighted by Crippen LogP contribution is -2.37. The summed E-state index contributed by atoms with van der Waals surface area (Å²) in [5, 5.41) is 1.14. The number of nitrogens with one attached hydrogen (secondary N) is 1. The number of carbonyl (C=O) groups is 1. The zero-order chi connectivity index (χ0) is 29.4. The Labute approximate surface area is 248 Å². The van der Waals surface area contributed by atoms with Gasteiger partial charge in [0.05, 0.1) is 18.3 Å². The Morgan fingerprint density at radius 2 is 1.98 bits per heavy atom. The van der Waals surface area contributed by atoms with Crippen LogP contribution in [-0.4, -0.2) is 56.6 Å². The molecule has 0 bridgehead atoms. The Morgan fingerprint density at radius 1 is 1.12 bits per heavy atom. The largest absolute Gasteiger partial charge is 0.444 e. The molecule has 8 nitrogen and oxygen atoms in total. The van der Waals surface area contributed by atoms with Gasteiger partial charge in [-0.1, -0.05) is 6.07 Å². The predicted molar refractivity (Wildman–Crippen MR) is 164 cm³/mol. The molecular formula is C34H41N5O3. The van der Waals surface area contributed by atoms with Gasteiger partial charge in [0.2, 0.25) is 0 Å². The summed E-state index contributed by atoms with van der Waals surface area (Å²) in [5.74, 6) is 0. The monoisotopic (exact) mass is 567 g/mol. The van der Waals surface area contributed by atoms with Crippen molar-refractivity contribution in [2.45, 2.75) is 78.3 Å². The summed E-state index contributed by atoms with van der Waals surface area (Å²) < 4.78 is 11.2. The second kappa shape index (κ2) is 11.5. The molecule has 0 spiro atoms. The van der Waals surface area contributed by atoms with Crippen LogP contribution in [0.3, 0.4) is 0 Å². The molecule has 42 heavy (non-hydrogen) atoms. The molecule has 0 unspecified atom stereocenters. The zero-order valence-electron chi connectivity index (χ0n) is 25.4. The van der Waals surface area contributed by atoms with E-state index < -0.39 is 5.60 Å². The lowest BCUT2D eigenvalue weighted by molar-refractivity contribution is 0.0223. The van der Waals surface area contributed by atoms with Crippen molar-refractivity contribution in [3.05, 3.63) is 82.4 Å². The topological polar surface area (TPSA) is 83.6 Å². The van der Waals surface area contributed by atoms with Crippen LogP contribution in [0.25, 0.3) is 22.2 Å². The molecule has 1 fully saturated rings. The van der Waals surface area contributed by atoms with E-state index in [-0.39, 0.29) is 12.1 Å². The van der Waals surface area contributed by atoms with Crippen LogP contribution in [0, 0.1) is 6.92 Å². The number of methoxy groups -OCH3 is 1. The van der Waals surface area contributed by atoms with Gasteiger partial charge >= 0.3 is 6.09 Å². The van der Waals surface area contributed by atoms with Gasteiger partial charge < -0.3 is 19.4 Å². The van der Waals surface area contributed by atoms with Crippen molar-refractivity contribution in [3.63, 3.8) is 0 Å². The van der Waals surface area contributed by atoms with Gasteiger partial charge in [0, 0.05) is 62.8 Å². The summed E-state index contributed by atoms with van der Waals surface area (Å²) in [6.45, 7) is 11.8. The Kier molecular flexibility index (Phi) is 7.77. The molecule has 5 heterocycles. The first-order valence-corrected chi connectivity index (χ1v) is 14.9. The van der Waals surface area contributed by atoms with Crippen LogP contribution in [0.1, 0.15) is 73.2 Å². The number of hydrogen-bond donors (Lipinski definition) is 1. The lowest BCUT2D eigenvalue weighted by Gasteiger charge is -2.35. The molecule has 4 aromatic rings. The maximum atomic E-state index is 13.4. The molecule has 0 radical (unpaired) electrons. The van der Waals surface area contributed by atoms with Crippen molar-refractivity contribution in [3.8, 4) is 11.1 Å². The standard InChI is InChI=1S/C34H41N5O3/c1-22-17-36-32-28(22)16-26(18-37-32)25-14-24-9-12-38(19-23-8-10-35-27(13-23)21-41-5)20-30(24)29(15-25)31-7-6-11-39(31)33(40)42-34(2,3)4/h8,10,13-18,31H,6-7,9,11-12,19-21H2,1-5H3,(H,36,37)/t31-/m0/s1. The first-order valence-electron chi connectivity index (χ1n) is 14.9. The van der Waals surface area contributed by atoms with Crippen LogP contribution in [0.15, 0.2) is 48.9 Å². The molecule has 1 atom stereocenters. The van der Waals surface area contributed by atoms with Gasteiger partial charge in [-0.05, 0) is 105 Å². The number of aromatic nitrogens is 3. The average molecular weight is 568 g/mol. The third-order valence-electron chi connectivity index (χ3n) is 8.35. The van der Waals surface area contributed by atoms with Gasteiger partial charge in [-0.2, -0.15) is 0 Å². The van der Waals surface area contributed by atoms with Gasteiger partial charge in [-0.25, -0.2) is 9.78 Å². The molecule has 1 aromatic carbocycles. The third-order valence-corrected chi connectivity index (χ3v) is 8.35. The lowest BCUT2D eigenvalue weighted by atomic mass is 9.86. The van der Waals surface area contributed by atoms with E-state index in [1.54, 1.807) is 7.11 Å². The number of hydrogen-bond acceptors (Lipinski definition) is 6. The highest BCUT2D eigenvalue weighted by Crippen LogP contribution is 2.40. The number of ether oxygens (including phenoxy) is 2. The minimum atomic E-state index is -0.538. The van der Waals surface area contributed by atoms with Crippen molar-refractivity contribution >= 4 is 17.1 Å². The molecule has 1 amide bonds. The quantitative estimate of drug-likeness (QED) is 0.279. The summed E-state index contributed by atoms with van der Waals surface area (Å²) in [4.78, 5) is 30.2. The minimum absolute atomic E-state index is 0.0200. The number of benzene rings is 1. The summed E-state index contributed by atoms with van der Waals surface area (Å²) in [6, 6.07) is 11.1. The average Bonchev–Trinajstić information content (AvgIpc) is 3.59. The van der Waals surface area contributed by atoms with Crippen LogP contribution in [0.5, 0.6) is 0 Å². The molecular weight excluding hydrogens is 526 g/mol. The third kappa shape index (κ3) is 5.92. The van der Waals surface area contributed by atoms with Crippen LogP contribution < -0.4 is 0 Å². The van der Waals surface area contributed by atoms with Gasteiger partial charge in [-0.3, -0.25) is 9.88 Å². The summed E-state index contributed by atoms with van der Waals surface area (Å²) in [6.07, 6.45) is 8.44. The second-order valence-electron chi connectivity index (χ2n) is 12.7. The zero-order valence-corrected chi connectivity index (χ0v) is 25.4.